The highest BCUT2D eigenvalue weighted by atomic mass is 32.1. The van der Waals surface area contributed by atoms with Crippen LogP contribution in [0.3, 0.4) is 0 Å². The van der Waals surface area contributed by atoms with E-state index in [4.69, 9.17) is 5.73 Å². The summed E-state index contributed by atoms with van der Waals surface area (Å²) in [7, 11) is 0. The third-order valence-corrected chi connectivity index (χ3v) is 3.41. The van der Waals surface area contributed by atoms with Crippen molar-refractivity contribution < 1.29 is 5.11 Å². The van der Waals surface area contributed by atoms with Crippen LogP contribution < -0.4 is 5.73 Å². The van der Waals surface area contributed by atoms with Gasteiger partial charge in [0.05, 0.1) is 5.60 Å². The Morgan fingerprint density at radius 2 is 2.38 bits per heavy atom. The molecule has 0 radical (unpaired) electrons. The Balaban J connectivity index is 2.93. The van der Waals surface area contributed by atoms with Gasteiger partial charge in [0.25, 0.3) is 0 Å². The standard InChI is InChI=1S/C10H17NOS/c1-3-10(12,8(2)6-11)9-4-5-13-7-9/h4-5,7-8,12H,3,6,11H2,1-2H3. The molecule has 1 rings (SSSR count). The minimum Gasteiger partial charge on any atom is -0.385 e. The van der Waals surface area contributed by atoms with Gasteiger partial charge in [0.15, 0.2) is 0 Å². The third-order valence-electron chi connectivity index (χ3n) is 2.73. The first-order chi connectivity index (χ1) is 6.15. The molecule has 1 aromatic rings. The van der Waals surface area contributed by atoms with Gasteiger partial charge in [-0.05, 0) is 35.4 Å². The van der Waals surface area contributed by atoms with Crippen molar-refractivity contribution in [1.82, 2.24) is 0 Å². The van der Waals surface area contributed by atoms with Crippen LogP contribution in [-0.2, 0) is 5.60 Å². The predicted molar refractivity (Wildman–Crippen MR) is 56.7 cm³/mol. The molecule has 2 atom stereocenters. The highest BCUT2D eigenvalue weighted by Crippen LogP contribution is 2.33. The lowest BCUT2D eigenvalue weighted by atomic mass is 9.82. The minimum atomic E-state index is -0.741. The van der Waals surface area contributed by atoms with Crippen molar-refractivity contribution >= 4 is 11.3 Å². The molecule has 0 aliphatic heterocycles. The van der Waals surface area contributed by atoms with Gasteiger partial charge in [-0.3, -0.25) is 0 Å². The molecule has 2 nitrogen and oxygen atoms in total. The molecule has 0 saturated heterocycles. The van der Waals surface area contributed by atoms with E-state index in [-0.39, 0.29) is 5.92 Å². The molecule has 2 unspecified atom stereocenters. The number of aliphatic hydroxyl groups is 1. The number of hydrogen-bond donors (Lipinski definition) is 2. The molecule has 13 heavy (non-hydrogen) atoms. The molecular weight excluding hydrogens is 182 g/mol. The molecule has 0 bridgehead atoms. The molecule has 1 aromatic heterocycles. The van der Waals surface area contributed by atoms with Gasteiger partial charge in [0.2, 0.25) is 0 Å². The first-order valence-corrected chi connectivity index (χ1v) is 5.54. The topological polar surface area (TPSA) is 46.2 Å². The van der Waals surface area contributed by atoms with Gasteiger partial charge in [-0.15, -0.1) is 0 Å². The Labute approximate surface area is 83.4 Å². The van der Waals surface area contributed by atoms with Gasteiger partial charge in [0, 0.05) is 5.92 Å². The maximum atomic E-state index is 10.4. The smallest absolute Gasteiger partial charge is 0.0939 e. The third kappa shape index (κ3) is 1.93. The molecule has 0 aliphatic carbocycles. The fraction of sp³-hybridized carbons (Fsp3) is 0.600. The van der Waals surface area contributed by atoms with Crippen molar-refractivity contribution in [3.8, 4) is 0 Å². The van der Waals surface area contributed by atoms with E-state index >= 15 is 0 Å². The fourth-order valence-corrected chi connectivity index (χ4v) is 2.28. The molecule has 0 aromatic carbocycles. The summed E-state index contributed by atoms with van der Waals surface area (Å²) in [5.74, 6) is 0.104. The largest absolute Gasteiger partial charge is 0.385 e. The summed E-state index contributed by atoms with van der Waals surface area (Å²) in [6, 6.07) is 1.97. The molecular formula is C10H17NOS. The summed E-state index contributed by atoms with van der Waals surface area (Å²) < 4.78 is 0. The van der Waals surface area contributed by atoms with Crippen molar-refractivity contribution in [2.75, 3.05) is 6.54 Å². The van der Waals surface area contributed by atoms with Crippen LogP contribution in [0.5, 0.6) is 0 Å². The van der Waals surface area contributed by atoms with Crippen LogP contribution in [0.2, 0.25) is 0 Å². The van der Waals surface area contributed by atoms with E-state index in [9.17, 15) is 5.11 Å². The van der Waals surface area contributed by atoms with E-state index in [1.165, 1.54) is 0 Å². The van der Waals surface area contributed by atoms with Crippen molar-refractivity contribution in [1.29, 1.82) is 0 Å². The first kappa shape index (κ1) is 10.7. The summed E-state index contributed by atoms with van der Waals surface area (Å²) >= 11 is 1.61. The second-order valence-electron chi connectivity index (χ2n) is 3.43. The Hall–Kier alpha value is -0.380. The first-order valence-electron chi connectivity index (χ1n) is 4.60. The summed E-state index contributed by atoms with van der Waals surface area (Å²) in [6.07, 6.45) is 0.710. The number of hydrogen-bond acceptors (Lipinski definition) is 3. The second-order valence-corrected chi connectivity index (χ2v) is 4.21. The second kappa shape index (κ2) is 4.22. The van der Waals surface area contributed by atoms with Crippen molar-refractivity contribution in [3.05, 3.63) is 22.4 Å². The summed E-state index contributed by atoms with van der Waals surface area (Å²) in [4.78, 5) is 0. The van der Waals surface area contributed by atoms with Gasteiger partial charge in [-0.25, -0.2) is 0 Å². The molecule has 0 spiro atoms. The predicted octanol–water partition coefficient (Wildman–Crippen LogP) is 1.94. The summed E-state index contributed by atoms with van der Waals surface area (Å²) in [6.45, 7) is 4.49. The Morgan fingerprint density at radius 1 is 1.69 bits per heavy atom. The zero-order valence-corrected chi connectivity index (χ0v) is 8.97. The lowest BCUT2D eigenvalue weighted by molar-refractivity contribution is -0.0172. The molecule has 0 amide bonds. The van der Waals surface area contributed by atoms with Crippen molar-refractivity contribution in [2.24, 2.45) is 11.7 Å². The Kier molecular flexibility index (Phi) is 3.47. The summed E-state index contributed by atoms with van der Waals surface area (Å²) in [5, 5.41) is 14.4. The van der Waals surface area contributed by atoms with Crippen molar-refractivity contribution in [3.63, 3.8) is 0 Å². The minimum absolute atomic E-state index is 0.104. The zero-order valence-electron chi connectivity index (χ0n) is 8.16. The molecule has 0 aliphatic rings. The van der Waals surface area contributed by atoms with E-state index in [0.717, 1.165) is 5.56 Å². The SMILES string of the molecule is CCC(O)(c1ccsc1)C(C)CN. The van der Waals surface area contributed by atoms with Gasteiger partial charge < -0.3 is 10.8 Å². The quantitative estimate of drug-likeness (QED) is 0.778. The van der Waals surface area contributed by atoms with E-state index in [1.807, 2.05) is 30.7 Å². The Morgan fingerprint density at radius 3 is 2.77 bits per heavy atom. The maximum Gasteiger partial charge on any atom is 0.0939 e. The lowest BCUT2D eigenvalue weighted by Gasteiger charge is -2.32. The van der Waals surface area contributed by atoms with Gasteiger partial charge in [-0.2, -0.15) is 11.3 Å². The average Bonchev–Trinajstić information content (AvgIpc) is 2.68. The van der Waals surface area contributed by atoms with E-state index in [2.05, 4.69) is 0 Å². The Bertz CT molecular complexity index is 247. The lowest BCUT2D eigenvalue weighted by Crippen LogP contribution is -2.36. The van der Waals surface area contributed by atoms with Crippen LogP contribution in [0.15, 0.2) is 16.8 Å². The molecule has 0 fully saturated rings. The van der Waals surface area contributed by atoms with E-state index < -0.39 is 5.60 Å². The molecule has 0 saturated carbocycles. The summed E-state index contributed by atoms with van der Waals surface area (Å²) in [5.41, 5.74) is 5.84. The van der Waals surface area contributed by atoms with Gasteiger partial charge in [-0.1, -0.05) is 13.8 Å². The van der Waals surface area contributed by atoms with Crippen LogP contribution in [-0.4, -0.2) is 11.7 Å². The van der Waals surface area contributed by atoms with E-state index in [0.29, 0.717) is 13.0 Å². The van der Waals surface area contributed by atoms with E-state index in [1.54, 1.807) is 11.3 Å². The highest BCUT2D eigenvalue weighted by Gasteiger charge is 2.33. The van der Waals surface area contributed by atoms with Crippen LogP contribution in [0.1, 0.15) is 25.8 Å². The molecule has 3 N–H and O–H groups in total. The monoisotopic (exact) mass is 199 g/mol. The van der Waals surface area contributed by atoms with Crippen LogP contribution in [0.25, 0.3) is 0 Å². The highest BCUT2D eigenvalue weighted by molar-refractivity contribution is 7.08. The number of nitrogens with two attached hydrogens (primary N) is 1. The molecule has 1 heterocycles. The average molecular weight is 199 g/mol. The van der Waals surface area contributed by atoms with Gasteiger partial charge >= 0.3 is 0 Å². The van der Waals surface area contributed by atoms with Gasteiger partial charge in [0.1, 0.15) is 0 Å². The zero-order chi connectivity index (χ0) is 9.90. The maximum absolute atomic E-state index is 10.4. The molecule has 74 valence electrons. The van der Waals surface area contributed by atoms with Crippen LogP contribution in [0.4, 0.5) is 0 Å². The number of thiophene rings is 1. The fourth-order valence-electron chi connectivity index (χ4n) is 1.54. The van der Waals surface area contributed by atoms with Crippen LogP contribution in [0, 0.1) is 5.92 Å². The number of rotatable bonds is 4. The van der Waals surface area contributed by atoms with Crippen molar-refractivity contribution in [2.45, 2.75) is 25.9 Å². The normalized spacial score (nSPS) is 18.2. The molecule has 3 heteroatoms. The van der Waals surface area contributed by atoms with Crippen LogP contribution >= 0.6 is 11.3 Å².